The van der Waals surface area contributed by atoms with Crippen molar-refractivity contribution in [3.05, 3.63) is 0 Å². The fourth-order valence-electron chi connectivity index (χ4n) is 2.28. The third kappa shape index (κ3) is 3.59. The molecule has 0 radical (unpaired) electrons. The predicted molar refractivity (Wildman–Crippen MR) is 64.1 cm³/mol. The van der Waals surface area contributed by atoms with Crippen LogP contribution in [-0.4, -0.2) is 55.1 Å². The molecule has 1 heterocycles. The van der Waals surface area contributed by atoms with E-state index in [2.05, 4.69) is 0 Å². The molecule has 0 aromatic carbocycles. The van der Waals surface area contributed by atoms with E-state index in [1.165, 1.54) is 4.90 Å². The van der Waals surface area contributed by atoms with E-state index < -0.39 is 6.09 Å². The highest BCUT2D eigenvalue weighted by Crippen LogP contribution is 2.28. The number of hydrogen-bond acceptors (Lipinski definition) is 4. The Balaban J connectivity index is 2.51. The van der Waals surface area contributed by atoms with Gasteiger partial charge in [0.1, 0.15) is 0 Å². The number of amides is 1. The van der Waals surface area contributed by atoms with E-state index in [4.69, 9.17) is 19.8 Å². The van der Waals surface area contributed by atoms with Crippen LogP contribution in [0.1, 0.15) is 19.8 Å². The van der Waals surface area contributed by atoms with Crippen LogP contribution in [0.5, 0.6) is 0 Å². The Morgan fingerprint density at radius 2 is 2.28 bits per heavy atom. The first-order chi connectivity index (χ1) is 8.61. The summed E-state index contributed by atoms with van der Waals surface area (Å²) in [5.41, 5.74) is 0. The second-order valence-electron chi connectivity index (χ2n) is 4.48. The molecule has 1 fully saturated rings. The summed E-state index contributed by atoms with van der Waals surface area (Å²) in [6.45, 7) is 3.46. The van der Waals surface area contributed by atoms with Crippen molar-refractivity contribution < 1.29 is 19.4 Å². The van der Waals surface area contributed by atoms with Crippen molar-refractivity contribution in [3.63, 3.8) is 0 Å². The zero-order valence-corrected chi connectivity index (χ0v) is 10.8. The molecule has 1 rings (SSSR count). The van der Waals surface area contributed by atoms with Gasteiger partial charge in [-0.2, -0.15) is 5.26 Å². The van der Waals surface area contributed by atoms with Crippen LogP contribution in [0.4, 0.5) is 4.79 Å². The monoisotopic (exact) mass is 256 g/mol. The van der Waals surface area contributed by atoms with Gasteiger partial charge in [0, 0.05) is 26.2 Å². The Morgan fingerprint density at radius 1 is 1.56 bits per heavy atom. The minimum Gasteiger partial charge on any atom is -0.465 e. The van der Waals surface area contributed by atoms with E-state index in [9.17, 15) is 4.79 Å². The molecule has 3 unspecified atom stereocenters. The van der Waals surface area contributed by atoms with Gasteiger partial charge in [0.15, 0.2) is 0 Å². The summed E-state index contributed by atoms with van der Waals surface area (Å²) in [7, 11) is 1.63. The van der Waals surface area contributed by atoms with Gasteiger partial charge in [0.25, 0.3) is 0 Å². The number of carbonyl (C=O) groups is 1. The van der Waals surface area contributed by atoms with Crippen molar-refractivity contribution in [2.45, 2.75) is 31.9 Å². The number of likely N-dealkylation sites (tertiary alicyclic amines) is 1. The summed E-state index contributed by atoms with van der Waals surface area (Å²) in [4.78, 5) is 12.4. The molecule has 6 nitrogen and oxygen atoms in total. The van der Waals surface area contributed by atoms with Gasteiger partial charge in [0.2, 0.25) is 0 Å². The number of ether oxygens (including phenoxy) is 2. The van der Waals surface area contributed by atoms with Crippen molar-refractivity contribution in [2.24, 2.45) is 5.92 Å². The summed E-state index contributed by atoms with van der Waals surface area (Å²) >= 11 is 0. The average Bonchev–Trinajstić information content (AvgIpc) is 2.64. The molecular formula is C12H20N2O4. The van der Waals surface area contributed by atoms with Crippen LogP contribution >= 0.6 is 0 Å². The van der Waals surface area contributed by atoms with Gasteiger partial charge in [-0.05, 0) is 6.42 Å². The third-order valence-electron chi connectivity index (χ3n) is 3.34. The summed E-state index contributed by atoms with van der Waals surface area (Å²) in [5.74, 6) is 0.0447. The molecule has 0 aromatic rings. The maximum Gasteiger partial charge on any atom is 0.407 e. The number of hydrogen-bond donors (Lipinski definition) is 1. The Labute approximate surface area is 107 Å². The van der Waals surface area contributed by atoms with Gasteiger partial charge in [-0.15, -0.1) is 0 Å². The van der Waals surface area contributed by atoms with Gasteiger partial charge in [0.05, 0.1) is 31.2 Å². The average molecular weight is 256 g/mol. The number of methoxy groups -OCH3 is 1. The molecule has 6 heteroatoms. The Hall–Kier alpha value is -1.32. The Bertz CT molecular complexity index is 316. The minimum absolute atomic E-state index is 0.0447. The van der Waals surface area contributed by atoms with E-state index in [0.717, 1.165) is 6.42 Å². The number of carboxylic acid groups (broad SMARTS) is 1. The molecule has 0 aliphatic carbocycles. The van der Waals surface area contributed by atoms with Gasteiger partial charge >= 0.3 is 6.09 Å². The zero-order valence-electron chi connectivity index (χ0n) is 10.8. The molecule has 1 amide bonds. The maximum atomic E-state index is 11.1. The molecule has 18 heavy (non-hydrogen) atoms. The lowest BCUT2D eigenvalue weighted by molar-refractivity contribution is 0.0253. The predicted octanol–water partition coefficient (Wildman–Crippen LogP) is 1.32. The third-order valence-corrected chi connectivity index (χ3v) is 3.34. The lowest BCUT2D eigenvalue weighted by atomic mass is 9.98. The summed E-state index contributed by atoms with van der Waals surface area (Å²) in [6, 6.07) is 1.78. The lowest BCUT2D eigenvalue weighted by Gasteiger charge is -2.21. The van der Waals surface area contributed by atoms with Gasteiger partial charge in [-0.1, -0.05) is 6.92 Å². The topological polar surface area (TPSA) is 82.8 Å². The minimum atomic E-state index is -0.981. The highest BCUT2D eigenvalue weighted by atomic mass is 16.5. The molecule has 0 spiro atoms. The van der Waals surface area contributed by atoms with Crippen molar-refractivity contribution in [1.29, 1.82) is 5.26 Å². The van der Waals surface area contributed by atoms with E-state index in [-0.39, 0.29) is 24.5 Å². The fourth-order valence-corrected chi connectivity index (χ4v) is 2.28. The first-order valence-corrected chi connectivity index (χ1v) is 6.08. The van der Waals surface area contributed by atoms with Crippen molar-refractivity contribution in [3.8, 4) is 6.07 Å². The first-order valence-electron chi connectivity index (χ1n) is 6.08. The molecule has 3 atom stereocenters. The molecular weight excluding hydrogens is 236 g/mol. The number of nitrogens with zero attached hydrogens (tertiary/aromatic N) is 2. The summed E-state index contributed by atoms with van der Waals surface area (Å²) < 4.78 is 10.6. The SMILES string of the molecule is COCCCOC1CN(C(=O)O)C(CC#N)C1C. The number of rotatable bonds is 6. The Kier molecular flexibility index (Phi) is 5.89. The van der Waals surface area contributed by atoms with Crippen molar-refractivity contribution in [1.82, 2.24) is 4.90 Å². The summed E-state index contributed by atoms with van der Waals surface area (Å²) in [6.07, 6.45) is -0.109. The van der Waals surface area contributed by atoms with Crippen LogP contribution < -0.4 is 0 Å². The smallest absolute Gasteiger partial charge is 0.407 e. The fraction of sp³-hybridized carbons (Fsp3) is 0.833. The second-order valence-corrected chi connectivity index (χ2v) is 4.48. The van der Waals surface area contributed by atoms with Crippen LogP contribution in [0.25, 0.3) is 0 Å². The van der Waals surface area contributed by atoms with Crippen LogP contribution in [-0.2, 0) is 9.47 Å². The van der Waals surface area contributed by atoms with Crippen LogP contribution in [0.15, 0.2) is 0 Å². The molecule has 1 saturated heterocycles. The summed E-state index contributed by atoms with van der Waals surface area (Å²) in [5, 5.41) is 17.8. The van der Waals surface area contributed by atoms with Crippen LogP contribution in [0.2, 0.25) is 0 Å². The standard InChI is InChI=1S/C12H20N2O4/c1-9-10(4-5-13)14(12(15)16)8-11(9)18-7-3-6-17-2/h9-11H,3-4,6-8H2,1-2H3,(H,15,16). The largest absolute Gasteiger partial charge is 0.465 e. The first kappa shape index (κ1) is 14.7. The molecule has 1 aliphatic rings. The van der Waals surface area contributed by atoms with Crippen molar-refractivity contribution >= 4 is 6.09 Å². The van der Waals surface area contributed by atoms with Gasteiger partial charge in [-0.25, -0.2) is 4.79 Å². The normalized spacial score (nSPS) is 27.2. The molecule has 1 N–H and O–H groups in total. The van der Waals surface area contributed by atoms with Crippen molar-refractivity contribution in [2.75, 3.05) is 26.9 Å². The maximum absolute atomic E-state index is 11.1. The van der Waals surface area contributed by atoms with Crippen LogP contribution in [0.3, 0.4) is 0 Å². The lowest BCUT2D eigenvalue weighted by Crippen LogP contribution is -2.36. The van der Waals surface area contributed by atoms with E-state index in [1.807, 2.05) is 13.0 Å². The molecule has 0 bridgehead atoms. The van der Waals surface area contributed by atoms with E-state index in [1.54, 1.807) is 7.11 Å². The number of nitriles is 1. The van der Waals surface area contributed by atoms with E-state index in [0.29, 0.717) is 19.8 Å². The highest BCUT2D eigenvalue weighted by molar-refractivity contribution is 5.66. The molecule has 0 saturated carbocycles. The molecule has 0 aromatic heterocycles. The second kappa shape index (κ2) is 7.19. The van der Waals surface area contributed by atoms with Crippen LogP contribution in [0, 0.1) is 17.2 Å². The quantitative estimate of drug-likeness (QED) is 0.725. The molecule has 1 aliphatic heterocycles. The zero-order chi connectivity index (χ0) is 13.5. The van der Waals surface area contributed by atoms with Gasteiger partial charge < -0.3 is 19.5 Å². The molecule has 102 valence electrons. The van der Waals surface area contributed by atoms with E-state index >= 15 is 0 Å². The van der Waals surface area contributed by atoms with Gasteiger partial charge in [-0.3, -0.25) is 0 Å². The highest BCUT2D eigenvalue weighted by Gasteiger charge is 2.41. The Morgan fingerprint density at radius 3 is 2.83 bits per heavy atom.